The minimum Gasteiger partial charge on any atom is -0.494 e. The first-order valence-electron chi connectivity index (χ1n) is 15.1. The van der Waals surface area contributed by atoms with Crippen LogP contribution in [0.5, 0.6) is 11.5 Å². The highest BCUT2D eigenvalue weighted by molar-refractivity contribution is 7.99. The number of esters is 2. The van der Waals surface area contributed by atoms with Crippen molar-refractivity contribution in [2.24, 2.45) is 0 Å². The molecule has 0 aliphatic rings. The van der Waals surface area contributed by atoms with Crippen LogP contribution in [0.3, 0.4) is 0 Å². The third kappa shape index (κ3) is 10.1. The maximum absolute atomic E-state index is 11.5. The van der Waals surface area contributed by atoms with E-state index in [2.05, 4.69) is 22.1 Å². The molecule has 2 aromatic carbocycles. The molecule has 0 bridgehead atoms. The van der Waals surface area contributed by atoms with Gasteiger partial charge in [0.15, 0.2) is 0 Å². The van der Waals surface area contributed by atoms with Gasteiger partial charge in [-0.05, 0) is 88.8 Å². The van der Waals surface area contributed by atoms with E-state index in [4.69, 9.17) is 18.9 Å². The van der Waals surface area contributed by atoms with Gasteiger partial charge in [0.2, 0.25) is 0 Å². The molecule has 0 saturated carbocycles. The Morgan fingerprint density at radius 3 is 1.53 bits per heavy atom. The Kier molecular flexibility index (Phi) is 12.9. The number of nitrogens with zero attached hydrogens (tertiary/aromatic N) is 2. The van der Waals surface area contributed by atoms with E-state index in [-0.39, 0.29) is 11.9 Å². The summed E-state index contributed by atoms with van der Waals surface area (Å²) in [4.78, 5) is 34.3. The fourth-order valence-corrected chi connectivity index (χ4v) is 5.68. The first-order valence-corrected chi connectivity index (χ1v) is 15.9. The molecule has 0 saturated heterocycles. The smallest absolute Gasteiger partial charge is 0.305 e. The summed E-state index contributed by atoms with van der Waals surface area (Å²) in [5, 5.41) is 2.12. The van der Waals surface area contributed by atoms with E-state index in [0.717, 1.165) is 81.6 Å². The van der Waals surface area contributed by atoms with Gasteiger partial charge in [0.1, 0.15) is 11.5 Å². The van der Waals surface area contributed by atoms with Crippen molar-refractivity contribution in [3.63, 3.8) is 0 Å². The topological polar surface area (TPSA) is 96.8 Å². The van der Waals surface area contributed by atoms with E-state index in [1.54, 1.807) is 11.8 Å². The highest BCUT2D eigenvalue weighted by atomic mass is 32.2. The number of ether oxygens (including phenoxy) is 4. The highest BCUT2D eigenvalue weighted by Gasteiger charge is 2.10. The van der Waals surface area contributed by atoms with Gasteiger partial charge >= 0.3 is 11.9 Å². The Hall–Kier alpha value is -3.85. The van der Waals surface area contributed by atoms with Crippen LogP contribution in [0, 0.1) is 0 Å². The number of pyridine rings is 2. The largest absolute Gasteiger partial charge is 0.494 e. The van der Waals surface area contributed by atoms with Gasteiger partial charge in [-0.25, -0.2) is 0 Å². The maximum Gasteiger partial charge on any atom is 0.305 e. The molecule has 228 valence electrons. The third-order valence-electron chi connectivity index (χ3n) is 6.77. The Labute approximate surface area is 257 Å². The van der Waals surface area contributed by atoms with E-state index < -0.39 is 0 Å². The van der Waals surface area contributed by atoms with Gasteiger partial charge in [0, 0.05) is 57.9 Å². The molecule has 8 nitrogen and oxygen atoms in total. The lowest BCUT2D eigenvalue weighted by atomic mass is 10.2. The van der Waals surface area contributed by atoms with E-state index in [0.29, 0.717) is 39.3 Å². The number of unbranched alkanes of at least 4 members (excludes halogenated alkanes) is 4. The standard InChI is InChI=1S/C34H40N2O6S/c1-3-39-33(37)11-7-5-9-21-41-25-13-15-27-29(23-25)35-19-17-31(27)43-32-18-20-36-30-24-26(14-16-28(30)32)42-22-10-6-8-12-34(38)40-4-2/h13-20,23-24H,3-12,21-22H2,1-2H3. The van der Waals surface area contributed by atoms with Crippen LogP contribution in [0.25, 0.3) is 21.8 Å². The lowest BCUT2D eigenvalue weighted by Crippen LogP contribution is -2.04. The van der Waals surface area contributed by atoms with Crippen LogP contribution < -0.4 is 9.47 Å². The molecule has 0 unspecified atom stereocenters. The summed E-state index contributed by atoms with van der Waals surface area (Å²) >= 11 is 1.69. The number of benzene rings is 2. The van der Waals surface area contributed by atoms with E-state index in [1.807, 2.05) is 62.6 Å². The minimum atomic E-state index is -0.136. The predicted molar refractivity (Wildman–Crippen MR) is 169 cm³/mol. The third-order valence-corrected chi connectivity index (χ3v) is 7.92. The van der Waals surface area contributed by atoms with Crippen LogP contribution in [0.4, 0.5) is 0 Å². The van der Waals surface area contributed by atoms with Gasteiger partial charge in [0.25, 0.3) is 0 Å². The molecule has 9 heteroatoms. The van der Waals surface area contributed by atoms with Crippen molar-refractivity contribution in [2.75, 3.05) is 26.4 Å². The fourth-order valence-electron chi connectivity index (χ4n) is 4.62. The van der Waals surface area contributed by atoms with Crippen molar-refractivity contribution in [3.05, 3.63) is 60.9 Å². The molecular formula is C34H40N2O6S. The summed E-state index contributed by atoms with van der Waals surface area (Å²) in [5.74, 6) is 1.30. The number of fused-ring (bicyclic) bond motifs is 2. The Morgan fingerprint density at radius 1 is 0.628 bits per heavy atom. The molecular weight excluding hydrogens is 564 g/mol. The van der Waals surface area contributed by atoms with Gasteiger partial charge in [-0.1, -0.05) is 11.8 Å². The summed E-state index contributed by atoms with van der Waals surface area (Å²) in [6.07, 6.45) is 9.75. The molecule has 0 atom stereocenters. The van der Waals surface area contributed by atoms with Gasteiger partial charge in [-0.2, -0.15) is 0 Å². The SMILES string of the molecule is CCOC(=O)CCCCCOc1ccc2c(Sc3ccnc4cc(OCCCCCC(=O)OCC)ccc34)ccnc2c1. The van der Waals surface area contributed by atoms with Gasteiger partial charge < -0.3 is 18.9 Å². The molecule has 0 spiro atoms. The van der Waals surface area contributed by atoms with Gasteiger partial charge in [-0.3, -0.25) is 19.6 Å². The van der Waals surface area contributed by atoms with Gasteiger partial charge in [-0.15, -0.1) is 0 Å². The first kappa shape index (κ1) is 32.1. The minimum absolute atomic E-state index is 0.136. The quantitative estimate of drug-likeness (QED) is 0.0828. The molecule has 4 aromatic rings. The summed E-state index contributed by atoms with van der Waals surface area (Å²) in [5.41, 5.74) is 1.75. The highest BCUT2D eigenvalue weighted by Crippen LogP contribution is 2.37. The van der Waals surface area contributed by atoms with Crippen molar-refractivity contribution in [1.29, 1.82) is 0 Å². The monoisotopic (exact) mass is 604 g/mol. The second kappa shape index (κ2) is 17.3. The zero-order valence-corrected chi connectivity index (χ0v) is 25.8. The normalized spacial score (nSPS) is 11.0. The van der Waals surface area contributed by atoms with Crippen LogP contribution in [-0.2, 0) is 19.1 Å². The van der Waals surface area contributed by atoms with E-state index >= 15 is 0 Å². The molecule has 43 heavy (non-hydrogen) atoms. The molecule has 4 rings (SSSR count). The summed E-state index contributed by atoms with van der Waals surface area (Å²) in [7, 11) is 0. The molecule has 0 aliphatic carbocycles. The van der Waals surface area contributed by atoms with Crippen molar-refractivity contribution >= 4 is 45.5 Å². The first-order chi connectivity index (χ1) is 21.1. The summed E-state index contributed by atoms with van der Waals surface area (Å²) in [6.45, 7) is 5.68. The number of hydrogen-bond acceptors (Lipinski definition) is 9. The van der Waals surface area contributed by atoms with Crippen molar-refractivity contribution < 1.29 is 28.5 Å². The van der Waals surface area contributed by atoms with E-state index in [9.17, 15) is 9.59 Å². The zero-order chi connectivity index (χ0) is 30.3. The number of carbonyl (C=O) groups excluding carboxylic acids is 2. The average Bonchev–Trinajstić information content (AvgIpc) is 3.01. The Morgan fingerprint density at radius 2 is 1.09 bits per heavy atom. The van der Waals surface area contributed by atoms with Crippen LogP contribution >= 0.6 is 11.8 Å². The fraction of sp³-hybridized carbons (Fsp3) is 0.412. The molecule has 0 amide bonds. The zero-order valence-electron chi connectivity index (χ0n) is 25.0. The van der Waals surface area contributed by atoms with Crippen LogP contribution in [-0.4, -0.2) is 48.3 Å². The van der Waals surface area contributed by atoms with Crippen molar-refractivity contribution in [3.8, 4) is 11.5 Å². The van der Waals surface area contributed by atoms with E-state index in [1.165, 1.54) is 0 Å². The van der Waals surface area contributed by atoms with Crippen LogP contribution in [0.15, 0.2) is 70.7 Å². The molecule has 2 aromatic heterocycles. The molecule has 0 N–H and O–H groups in total. The van der Waals surface area contributed by atoms with Crippen LogP contribution in [0.1, 0.15) is 65.2 Å². The molecule has 0 aliphatic heterocycles. The lowest BCUT2D eigenvalue weighted by Gasteiger charge is -2.11. The molecule has 0 fully saturated rings. The number of carbonyl (C=O) groups is 2. The second-order valence-electron chi connectivity index (χ2n) is 10.0. The molecule has 2 heterocycles. The number of hydrogen-bond donors (Lipinski definition) is 0. The Bertz CT molecular complexity index is 1380. The number of aromatic nitrogens is 2. The number of rotatable bonds is 18. The Balaban J connectivity index is 1.31. The van der Waals surface area contributed by atoms with Gasteiger partial charge in [0.05, 0.1) is 37.5 Å². The lowest BCUT2D eigenvalue weighted by molar-refractivity contribution is -0.144. The average molecular weight is 605 g/mol. The maximum atomic E-state index is 11.5. The summed E-state index contributed by atoms with van der Waals surface area (Å²) < 4.78 is 21.9. The predicted octanol–water partition coefficient (Wildman–Crippen LogP) is 7.94. The van der Waals surface area contributed by atoms with Crippen molar-refractivity contribution in [1.82, 2.24) is 9.97 Å². The molecule has 0 radical (unpaired) electrons. The second-order valence-corrected chi connectivity index (χ2v) is 11.1. The van der Waals surface area contributed by atoms with Crippen LogP contribution in [0.2, 0.25) is 0 Å². The van der Waals surface area contributed by atoms with Crippen molar-refractivity contribution in [2.45, 2.75) is 75.0 Å². The summed E-state index contributed by atoms with van der Waals surface area (Å²) in [6, 6.07) is 16.1.